The molecule has 1 aliphatic heterocycles. The molecule has 1 aliphatic rings. The Bertz CT molecular complexity index is 877. The van der Waals surface area contributed by atoms with Gasteiger partial charge in [-0.3, -0.25) is 4.79 Å². The Morgan fingerprint density at radius 2 is 2.00 bits per heavy atom. The second-order valence-electron chi connectivity index (χ2n) is 6.36. The van der Waals surface area contributed by atoms with Crippen LogP contribution in [0.1, 0.15) is 20.8 Å². The topological polar surface area (TPSA) is 110 Å². The molecule has 140 valence electrons. The highest BCUT2D eigenvalue weighted by Gasteiger charge is 2.42. The molecule has 1 amide bonds. The van der Waals surface area contributed by atoms with Gasteiger partial charge in [0.2, 0.25) is 26.0 Å². The maximum absolute atomic E-state index is 12.5. The first kappa shape index (κ1) is 19.7. The molecule has 1 N–H and O–H groups in total. The first-order valence-electron chi connectivity index (χ1n) is 7.74. The molecule has 1 aromatic carbocycles. The van der Waals surface area contributed by atoms with E-state index in [-0.39, 0.29) is 34.5 Å². The summed E-state index contributed by atoms with van der Waals surface area (Å²) >= 11 is 0. The molecule has 0 saturated carbocycles. The number of nitrogens with zero attached hydrogens (tertiary/aromatic N) is 1. The average Bonchev–Trinajstić information content (AvgIpc) is 2.72. The van der Waals surface area contributed by atoms with Gasteiger partial charge in [-0.1, -0.05) is 20.8 Å². The molecular formula is C15H22N2O6S2. The summed E-state index contributed by atoms with van der Waals surface area (Å²) < 4.78 is 57.7. The average molecular weight is 390 g/mol. The van der Waals surface area contributed by atoms with E-state index in [1.54, 1.807) is 0 Å². The summed E-state index contributed by atoms with van der Waals surface area (Å²) in [5.74, 6) is -1.40. The number of ether oxygens (including phenoxy) is 1. The fraction of sp³-hybridized carbons (Fsp3) is 0.533. The van der Waals surface area contributed by atoms with Crippen molar-refractivity contribution in [3.8, 4) is 5.75 Å². The first-order chi connectivity index (χ1) is 11.5. The van der Waals surface area contributed by atoms with Crippen LogP contribution in [-0.2, 0) is 24.8 Å². The minimum Gasteiger partial charge on any atom is -0.495 e. The summed E-state index contributed by atoms with van der Waals surface area (Å²) in [5.41, 5.74) is -0.0138. The molecule has 1 atom stereocenters. The molecule has 0 aliphatic carbocycles. The fourth-order valence-corrected chi connectivity index (χ4v) is 5.66. The van der Waals surface area contributed by atoms with E-state index in [2.05, 4.69) is 4.72 Å². The third-order valence-corrected chi connectivity index (χ3v) is 7.03. The third-order valence-electron chi connectivity index (χ3n) is 3.71. The highest BCUT2D eigenvalue weighted by molar-refractivity contribution is 7.94. The van der Waals surface area contributed by atoms with Gasteiger partial charge < -0.3 is 4.74 Å². The van der Waals surface area contributed by atoms with Gasteiger partial charge in [0.1, 0.15) is 10.6 Å². The summed E-state index contributed by atoms with van der Waals surface area (Å²) in [5, 5.41) is 0. The van der Waals surface area contributed by atoms with Crippen LogP contribution in [0.2, 0.25) is 0 Å². The Hall–Kier alpha value is -1.65. The normalized spacial score (nSPS) is 20.3. The van der Waals surface area contributed by atoms with Crippen LogP contribution >= 0.6 is 0 Å². The lowest BCUT2D eigenvalue weighted by Gasteiger charge is -2.18. The lowest BCUT2D eigenvalue weighted by Crippen LogP contribution is -2.31. The molecule has 0 bridgehead atoms. The van der Waals surface area contributed by atoms with Crippen LogP contribution in [0.25, 0.3) is 0 Å². The summed E-state index contributed by atoms with van der Waals surface area (Å²) in [4.78, 5) is 12.0. The van der Waals surface area contributed by atoms with Gasteiger partial charge in [-0.2, -0.15) is 0 Å². The van der Waals surface area contributed by atoms with E-state index in [9.17, 15) is 21.6 Å². The molecule has 0 spiro atoms. The molecular weight excluding hydrogens is 368 g/mol. The van der Waals surface area contributed by atoms with Gasteiger partial charge >= 0.3 is 0 Å². The standard InChI is InChI=1S/C15H22N2O6S2/c1-10(2)8-16-25(21,22)14-7-12(5-6-13(14)23-4)17-15(18)11(3)9-24(17,19)20/h5-7,10-11,16H,8-9H2,1-4H3/t11-/m1/s1. The summed E-state index contributed by atoms with van der Waals surface area (Å²) in [6, 6.07) is 3.84. The van der Waals surface area contributed by atoms with Crippen LogP contribution in [0.15, 0.2) is 23.1 Å². The van der Waals surface area contributed by atoms with Gasteiger partial charge in [-0.05, 0) is 24.1 Å². The second kappa shape index (κ2) is 6.93. The van der Waals surface area contributed by atoms with Crippen molar-refractivity contribution in [1.29, 1.82) is 0 Å². The number of methoxy groups -OCH3 is 1. The second-order valence-corrected chi connectivity index (χ2v) is 9.96. The number of hydrogen-bond acceptors (Lipinski definition) is 6. The van der Waals surface area contributed by atoms with Crippen LogP contribution in [0.4, 0.5) is 5.69 Å². The Morgan fingerprint density at radius 3 is 2.48 bits per heavy atom. The highest BCUT2D eigenvalue weighted by Crippen LogP contribution is 2.33. The monoisotopic (exact) mass is 390 g/mol. The summed E-state index contributed by atoms with van der Waals surface area (Å²) in [7, 11) is -6.43. The zero-order valence-electron chi connectivity index (χ0n) is 14.5. The fourth-order valence-electron chi connectivity index (χ4n) is 2.44. The molecule has 1 fully saturated rings. The number of benzene rings is 1. The largest absolute Gasteiger partial charge is 0.495 e. The third kappa shape index (κ3) is 3.96. The SMILES string of the molecule is COc1ccc(N2C(=O)[C@H](C)CS2(=O)=O)cc1S(=O)(=O)NCC(C)C. The minimum absolute atomic E-state index is 0.0138. The zero-order valence-corrected chi connectivity index (χ0v) is 16.1. The predicted octanol–water partition coefficient (Wildman–Crippen LogP) is 0.942. The van der Waals surface area contributed by atoms with Crippen molar-refractivity contribution >= 4 is 31.6 Å². The van der Waals surface area contributed by atoms with E-state index >= 15 is 0 Å². The summed E-state index contributed by atoms with van der Waals surface area (Å²) in [6.45, 7) is 5.44. The molecule has 0 unspecified atom stereocenters. The number of carbonyl (C=O) groups excluding carboxylic acids is 1. The van der Waals surface area contributed by atoms with Gasteiger partial charge in [0, 0.05) is 6.54 Å². The Balaban J connectivity index is 2.53. The van der Waals surface area contributed by atoms with Crippen molar-refractivity contribution in [1.82, 2.24) is 4.72 Å². The van der Waals surface area contributed by atoms with E-state index in [1.165, 1.54) is 26.2 Å². The van der Waals surface area contributed by atoms with E-state index in [0.717, 1.165) is 6.07 Å². The number of carbonyl (C=O) groups is 1. The van der Waals surface area contributed by atoms with Crippen LogP contribution in [-0.4, -0.2) is 42.2 Å². The number of anilines is 1. The molecule has 1 saturated heterocycles. The van der Waals surface area contributed by atoms with E-state index in [1.807, 2.05) is 13.8 Å². The minimum atomic E-state index is -3.93. The Labute approximate surface area is 148 Å². The molecule has 2 rings (SSSR count). The van der Waals surface area contributed by atoms with Crippen LogP contribution in [0.3, 0.4) is 0 Å². The van der Waals surface area contributed by atoms with Gasteiger partial charge in [-0.15, -0.1) is 0 Å². The maximum Gasteiger partial charge on any atom is 0.244 e. The smallest absolute Gasteiger partial charge is 0.244 e. The molecule has 25 heavy (non-hydrogen) atoms. The molecule has 8 nitrogen and oxygen atoms in total. The van der Waals surface area contributed by atoms with Crippen molar-refractivity contribution in [2.24, 2.45) is 11.8 Å². The quantitative estimate of drug-likeness (QED) is 0.774. The van der Waals surface area contributed by atoms with Crippen molar-refractivity contribution in [2.45, 2.75) is 25.7 Å². The molecule has 1 heterocycles. The van der Waals surface area contributed by atoms with Gasteiger partial charge in [0.25, 0.3) is 0 Å². The van der Waals surface area contributed by atoms with Crippen LogP contribution < -0.4 is 13.8 Å². The van der Waals surface area contributed by atoms with Gasteiger partial charge in [-0.25, -0.2) is 25.9 Å². The van der Waals surface area contributed by atoms with Crippen molar-refractivity contribution < 1.29 is 26.4 Å². The molecule has 0 aromatic heterocycles. The number of hydrogen-bond donors (Lipinski definition) is 1. The maximum atomic E-state index is 12.5. The van der Waals surface area contributed by atoms with Crippen molar-refractivity contribution in [3.05, 3.63) is 18.2 Å². The first-order valence-corrected chi connectivity index (χ1v) is 10.8. The molecule has 10 heteroatoms. The molecule has 1 aromatic rings. The van der Waals surface area contributed by atoms with E-state index in [4.69, 9.17) is 4.74 Å². The van der Waals surface area contributed by atoms with E-state index in [0.29, 0.717) is 4.31 Å². The number of rotatable bonds is 6. The zero-order chi connectivity index (χ0) is 19.0. The van der Waals surface area contributed by atoms with Gasteiger partial charge in [0.15, 0.2) is 0 Å². The number of sulfonamides is 2. The molecule has 0 radical (unpaired) electrons. The Morgan fingerprint density at radius 1 is 1.36 bits per heavy atom. The van der Waals surface area contributed by atoms with Crippen LogP contribution in [0, 0.1) is 11.8 Å². The van der Waals surface area contributed by atoms with Crippen molar-refractivity contribution in [2.75, 3.05) is 23.7 Å². The lowest BCUT2D eigenvalue weighted by atomic mass is 10.2. The van der Waals surface area contributed by atoms with E-state index < -0.39 is 31.9 Å². The van der Waals surface area contributed by atoms with Gasteiger partial charge in [0.05, 0.1) is 24.5 Å². The van der Waals surface area contributed by atoms with Crippen LogP contribution in [0.5, 0.6) is 5.75 Å². The highest BCUT2D eigenvalue weighted by atomic mass is 32.2. The number of nitrogens with one attached hydrogen (secondary N) is 1. The lowest BCUT2D eigenvalue weighted by molar-refractivity contribution is -0.119. The number of amides is 1. The Kier molecular flexibility index (Phi) is 5.45. The summed E-state index contributed by atoms with van der Waals surface area (Å²) in [6.07, 6.45) is 0. The van der Waals surface area contributed by atoms with Crippen molar-refractivity contribution in [3.63, 3.8) is 0 Å². The predicted molar refractivity (Wildman–Crippen MR) is 93.5 cm³/mol.